The van der Waals surface area contributed by atoms with Crippen LogP contribution in [0.4, 0.5) is 5.69 Å². The second-order valence-electron chi connectivity index (χ2n) is 3.50. The van der Waals surface area contributed by atoms with E-state index in [1.54, 1.807) is 0 Å². The molecule has 0 aliphatic heterocycles. The van der Waals surface area contributed by atoms with Crippen molar-refractivity contribution in [3.05, 3.63) is 40.2 Å². The summed E-state index contributed by atoms with van der Waals surface area (Å²) in [5, 5.41) is 18.5. The molecule has 2 aromatic rings. The zero-order chi connectivity index (χ0) is 14.0. The Balaban J connectivity index is 2.36. The molecule has 0 aliphatic rings. The summed E-state index contributed by atoms with van der Waals surface area (Å²) in [5.74, 6) is -0.231. The first-order valence-corrected chi connectivity index (χ1v) is 7.61. The molecule has 0 spiro atoms. The van der Waals surface area contributed by atoms with E-state index < -0.39 is 10.0 Å². The smallest absolute Gasteiger partial charge is 0.271 e. The summed E-state index contributed by atoms with van der Waals surface area (Å²) in [6.45, 7) is 0. The number of nitrogens with one attached hydrogen (secondary N) is 1. The Morgan fingerprint density at radius 3 is 2.68 bits per heavy atom. The highest BCUT2D eigenvalue weighted by molar-refractivity contribution is 7.94. The number of hydrogen-bond donors (Lipinski definition) is 2. The molecule has 1 heterocycles. The molecular weight excluding hydrogens is 308 g/mol. The van der Waals surface area contributed by atoms with E-state index >= 15 is 0 Å². The highest BCUT2D eigenvalue weighted by Crippen LogP contribution is 2.30. The number of hydrogen-bond acceptors (Lipinski definition) is 5. The molecule has 1 aromatic carbocycles. The summed E-state index contributed by atoms with van der Waals surface area (Å²) >= 11 is 6.57. The van der Waals surface area contributed by atoms with Crippen LogP contribution in [0.1, 0.15) is 4.88 Å². The van der Waals surface area contributed by atoms with Crippen LogP contribution >= 0.6 is 22.9 Å². The number of aromatic hydroxyl groups is 1. The molecule has 0 amide bonds. The number of phenols is 1. The van der Waals surface area contributed by atoms with Crippen LogP contribution in [0.25, 0.3) is 0 Å². The lowest BCUT2D eigenvalue weighted by atomic mass is 10.3. The number of halogens is 1. The van der Waals surface area contributed by atoms with E-state index in [1.165, 1.54) is 30.3 Å². The zero-order valence-corrected chi connectivity index (χ0v) is 11.7. The lowest BCUT2D eigenvalue weighted by Gasteiger charge is -2.08. The number of benzene rings is 1. The summed E-state index contributed by atoms with van der Waals surface area (Å²) in [6, 6.07) is 8.62. The van der Waals surface area contributed by atoms with E-state index in [2.05, 4.69) is 4.72 Å². The Bertz CT molecular complexity index is 762. The highest BCUT2D eigenvalue weighted by Gasteiger charge is 2.18. The highest BCUT2D eigenvalue weighted by atomic mass is 35.5. The third kappa shape index (κ3) is 2.98. The Morgan fingerprint density at radius 1 is 1.32 bits per heavy atom. The molecule has 2 rings (SSSR count). The normalized spacial score (nSPS) is 10.9. The molecule has 0 aliphatic carbocycles. The number of phenolic OH excluding ortho intramolecular Hbond substituents is 1. The number of anilines is 1. The molecular formula is C11H7ClN2O3S2. The van der Waals surface area contributed by atoms with Crippen molar-refractivity contribution in [1.82, 2.24) is 0 Å². The molecule has 2 N–H and O–H groups in total. The van der Waals surface area contributed by atoms with E-state index in [0.29, 0.717) is 5.02 Å². The number of thiophene rings is 1. The number of nitrogens with zero attached hydrogens (tertiary/aromatic N) is 1. The molecule has 8 heteroatoms. The van der Waals surface area contributed by atoms with Gasteiger partial charge in [0.05, 0.1) is 5.69 Å². The standard InChI is InChI=1S/C11H7ClN2O3S2/c12-7-1-3-10(15)9(5-7)14-19(16,17)11-4-2-8(6-13)18-11/h1-5,14-15H. The van der Waals surface area contributed by atoms with Gasteiger partial charge in [0.1, 0.15) is 20.9 Å². The van der Waals surface area contributed by atoms with Crippen LogP contribution < -0.4 is 4.72 Å². The van der Waals surface area contributed by atoms with Crippen molar-refractivity contribution in [3.63, 3.8) is 0 Å². The van der Waals surface area contributed by atoms with Gasteiger partial charge >= 0.3 is 0 Å². The van der Waals surface area contributed by atoms with Crippen molar-refractivity contribution >= 4 is 38.6 Å². The van der Waals surface area contributed by atoms with Gasteiger partial charge in [-0.3, -0.25) is 4.72 Å². The monoisotopic (exact) mass is 314 g/mol. The Labute approximate surface area is 118 Å². The van der Waals surface area contributed by atoms with Crippen molar-refractivity contribution in [3.8, 4) is 11.8 Å². The molecule has 1 aromatic heterocycles. The topological polar surface area (TPSA) is 90.2 Å². The van der Waals surface area contributed by atoms with Gasteiger partial charge in [0, 0.05) is 5.02 Å². The maximum Gasteiger partial charge on any atom is 0.271 e. The maximum atomic E-state index is 12.0. The molecule has 0 radical (unpaired) electrons. The molecule has 98 valence electrons. The molecule has 0 bridgehead atoms. The molecule has 0 saturated carbocycles. The van der Waals surface area contributed by atoms with Crippen molar-refractivity contribution < 1.29 is 13.5 Å². The summed E-state index contributed by atoms with van der Waals surface area (Å²) in [7, 11) is -3.84. The minimum absolute atomic E-state index is 0.0107. The third-order valence-electron chi connectivity index (χ3n) is 2.16. The SMILES string of the molecule is N#Cc1ccc(S(=O)(=O)Nc2cc(Cl)ccc2O)s1. The predicted octanol–water partition coefficient (Wildman–Crippen LogP) is 2.78. The van der Waals surface area contributed by atoms with Crippen molar-refractivity contribution in [2.45, 2.75) is 4.21 Å². The first-order chi connectivity index (χ1) is 8.92. The molecule has 0 unspecified atom stereocenters. The fourth-order valence-electron chi connectivity index (χ4n) is 1.31. The molecule has 0 atom stereocenters. The fourth-order valence-corrected chi connectivity index (χ4v) is 3.65. The second kappa shape index (κ2) is 5.09. The van der Waals surface area contributed by atoms with Gasteiger partial charge in [0.25, 0.3) is 10.0 Å². The molecule has 19 heavy (non-hydrogen) atoms. The van der Waals surface area contributed by atoms with Gasteiger partial charge in [0.15, 0.2) is 0 Å². The van der Waals surface area contributed by atoms with Gasteiger partial charge in [-0.1, -0.05) is 11.6 Å². The largest absolute Gasteiger partial charge is 0.506 e. The first kappa shape index (κ1) is 13.7. The van der Waals surface area contributed by atoms with Crippen LogP contribution in [0.2, 0.25) is 5.02 Å². The maximum absolute atomic E-state index is 12.0. The van der Waals surface area contributed by atoms with Crippen molar-refractivity contribution in [1.29, 1.82) is 5.26 Å². The summed E-state index contributed by atoms with van der Waals surface area (Å²) in [4.78, 5) is 0.288. The van der Waals surface area contributed by atoms with Gasteiger partial charge < -0.3 is 5.11 Å². The quantitative estimate of drug-likeness (QED) is 0.852. The summed E-state index contributed by atoms with van der Waals surface area (Å²) in [6.07, 6.45) is 0. The van der Waals surface area contributed by atoms with Gasteiger partial charge in [0.2, 0.25) is 0 Å². The predicted molar refractivity (Wildman–Crippen MR) is 73.0 cm³/mol. The van der Waals surface area contributed by atoms with Gasteiger partial charge in [-0.2, -0.15) is 5.26 Å². The van der Waals surface area contributed by atoms with Crippen LogP contribution in [0, 0.1) is 11.3 Å². The minimum Gasteiger partial charge on any atom is -0.506 e. The van der Waals surface area contributed by atoms with Gasteiger partial charge in [-0.05, 0) is 30.3 Å². The van der Waals surface area contributed by atoms with Crippen molar-refractivity contribution in [2.24, 2.45) is 0 Å². The fraction of sp³-hybridized carbons (Fsp3) is 0. The number of nitriles is 1. The van der Waals surface area contributed by atoms with E-state index in [-0.39, 0.29) is 20.5 Å². The van der Waals surface area contributed by atoms with E-state index in [4.69, 9.17) is 16.9 Å². The van der Waals surface area contributed by atoms with E-state index in [1.807, 2.05) is 6.07 Å². The second-order valence-corrected chi connectivity index (χ2v) is 6.93. The van der Waals surface area contributed by atoms with Crippen LogP contribution in [0.15, 0.2) is 34.5 Å². The zero-order valence-electron chi connectivity index (χ0n) is 9.29. The summed E-state index contributed by atoms with van der Waals surface area (Å²) in [5.41, 5.74) is -0.0144. The lowest BCUT2D eigenvalue weighted by Crippen LogP contribution is -2.11. The van der Waals surface area contributed by atoms with Crippen LogP contribution in [0.5, 0.6) is 5.75 Å². The first-order valence-electron chi connectivity index (χ1n) is 4.93. The van der Waals surface area contributed by atoms with Crippen molar-refractivity contribution in [2.75, 3.05) is 4.72 Å². The molecule has 0 fully saturated rings. The van der Waals surface area contributed by atoms with Gasteiger partial charge in [-0.15, -0.1) is 11.3 Å². The van der Waals surface area contributed by atoms with E-state index in [9.17, 15) is 13.5 Å². The average molecular weight is 315 g/mol. The number of rotatable bonds is 3. The lowest BCUT2D eigenvalue weighted by molar-refractivity contribution is 0.477. The Hall–Kier alpha value is -1.75. The van der Waals surface area contributed by atoms with Crippen LogP contribution in [-0.2, 0) is 10.0 Å². The third-order valence-corrected chi connectivity index (χ3v) is 5.24. The number of sulfonamides is 1. The van der Waals surface area contributed by atoms with Gasteiger partial charge in [-0.25, -0.2) is 8.42 Å². The Kier molecular flexibility index (Phi) is 3.66. The molecule has 0 saturated heterocycles. The summed E-state index contributed by atoms with van der Waals surface area (Å²) < 4.78 is 26.3. The van der Waals surface area contributed by atoms with E-state index in [0.717, 1.165) is 11.3 Å². The Morgan fingerprint density at radius 2 is 2.05 bits per heavy atom. The average Bonchev–Trinajstić information content (AvgIpc) is 2.83. The van der Waals surface area contributed by atoms with Crippen LogP contribution in [0.3, 0.4) is 0 Å². The minimum atomic E-state index is -3.84. The van der Waals surface area contributed by atoms with Crippen LogP contribution in [-0.4, -0.2) is 13.5 Å². The molecule has 5 nitrogen and oxygen atoms in total.